The number of para-hydroxylation sites is 1. The Hall–Kier alpha value is -3.28. The van der Waals surface area contributed by atoms with Gasteiger partial charge in [-0.1, -0.05) is 51.0 Å². The summed E-state index contributed by atoms with van der Waals surface area (Å²) in [5.74, 6) is 4.84. The molecule has 0 radical (unpaired) electrons. The van der Waals surface area contributed by atoms with Crippen molar-refractivity contribution in [1.82, 2.24) is 19.7 Å². The van der Waals surface area contributed by atoms with Crippen LogP contribution in [0.5, 0.6) is 0 Å². The predicted octanol–water partition coefficient (Wildman–Crippen LogP) is 5.19. The van der Waals surface area contributed by atoms with Crippen molar-refractivity contribution >= 4 is 28.5 Å². The molecule has 4 saturated carbocycles. The van der Waals surface area contributed by atoms with Crippen LogP contribution in [0.15, 0.2) is 36.4 Å². The third-order valence-corrected chi connectivity index (χ3v) is 13.9. The molecule has 4 aliphatic carbocycles. The van der Waals surface area contributed by atoms with Crippen LogP contribution in [0, 0.1) is 46.8 Å². The van der Waals surface area contributed by atoms with Gasteiger partial charge in [0.25, 0.3) is 5.91 Å². The Morgan fingerprint density at radius 3 is 2.52 bits per heavy atom. The maximum Gasteiger partial charge on any atom is 0.272 e. The number of ketones is 1. The maximum absolute atomic E-state index is 13.7. The molecule has 5 aliphatic rings. The number of carbonyl (C=O) groups excluding carboxylic acids is 3. The minimum atomic E-state index is -1.00. The number of terminal acetylenes is 1. The van der Waals surface area contributed by atoms with Crippen LogP contribution in [0.3, 0.4) is 0 Å². The molecule has 8 heteroatoms. The summed E-state index contributed by atoms with van der Waals surface area (Å²) in [6.45, 7) is 9.67. The second kappa shape index (κ2) is 12.6. The molecule has 2 aromatic rings. The molecule has 5 fully saturated rings. The second-order valence-electron chi connectivity index (χ2n) is 16.1. The zero-order valence-electron chi connectivity index (χ0n) is 29.0. The Bertz CT molecular complexity index is 1630. The number of hydrogen-bond acceptors (Lipinski definition) is 6. The topological polar surface area (TPSA) is 94.0 Å². The van der Waals surface area contributed by atoms with Crippen LogP contribution in [0.2, 0.25) is 0 Å². The monoisotopic (exact) mass is 652 g/mol. The number of aliphatic hydroxyl groups is 1. The lowest BCUT2D eigenvalue weighted by Crippen LogP contribution is -2.62. The van der Waals surface area contributed by atoms with Gasteiger partial charge in [0.2, 0.25) is 5.91 Å². The number of piperazine rings is 1. The van der Waals surface area contributed by atoms with Crippen LogP contribution in [-0.2, 0) is 9.59 Å². The van der Waals surface area contributed by atoms with Crippen LogP contribution in [0.1, 0.15) is 89.0 Å². The lowest BCUT2D eigenvalue weighted by atomic mass is 9.44. The Labute approximate surface area is 285 Å². The number of rotatable bonds is 6. The van der Waals surface area contributed by atoms with Gasteiger partial charge in [-0.2, -0.15) is 0 Å². The highest BCUT2D eigenvalue weighted by molar-refractivity contribution is 5.97. The average Bonchev–Trinajstić information content (AvgIpc) is 3.38. The molecule has 0 bridgehead atoms. The molecule has 1 N–H and O–H groups in total. The highest BCUT2D eigenvalue weighted by Crippen LogP contribution is 2.68. The van der Waals surface area contributed by atoms with E-state index >= 15 is 0 Å². The summed E-state index contributed by atoms with van der Waals surface area (Å²) in [6, 6.07) is 11.3. The normalized spacial score (nSPS) is 36.5. The van der Waals surface area contributed by atoms with Crippen molar-refractivity contribution in [2.45, 2.75) is 90.2 Å². The summed E-state index contributed by atoms with van der Waals surface area (Å²) in [7, 11) is 0. The Morgan fingerprint density at radius 1 is 1.02 bits per heavy atom. The minimum absolute atomic E-state index is 0.0290. The van der Waals surface area contributed by atoms with Gasteiger partial charge in [-0.3, -0.25) is 19.3 Å². The van der Waals surface area contributed by atoms with Crippen LogP contribution >= 0.6 is 0 Å². The van der Waals surface area contributed by atoms with E-state index in [2.05, 4.69) is 29.7 Å². The van der Waals surface area contributed by atoms with Gasteiger partial charge in [-0.05, 0) is 92.6 Å². The molecule has 256 valence electrons. The van der Waals surface area contributed by atoms with E-state index in [-0.39, 0.29) is 35.2 Å². The fraction of sp³-hybridized carbons (Fsp3) is 0.650. The maximum atomic E-state index is 13.7. The van der Waals surface area contributed by atoms with Gasteiger partial charge in [0.15, 0.2) is 0 Å². The third kappa shape index (κ3) is 5.37. The van der Waals surface area contributed by atoms with E-state index in [0.717, 1.165) is 55.8 Å². The molecule has 8 nitrogen and oxygen atoms in total. The first-order valence-electron chi connectivity index (χ1n) is 18.4. The Morgan fingerprint density at radius 2 is 1.77 bits per heavy atom. The summed E-state index contributed by atoms with van der Waals surface area (Å²) >= 11 is 0. The van der Waals surface area contributed by atoms with Gasteiger partial charge in [0, 0.05) is 49.9 Å². The standard InChI is InChI=1S/C40H52N4O4/c1-5-19-44(37(47)33-14-11-27-9-7-8-10-32(27)41-33)26-36(46)43-22-20-42(21-23-43)34-25-38(3)28(24-35(34)45)12-13-29-30(38)15-17-39(4)31(29)16-18-40(39,48)6-2/h2,7-11,14,28-31,34,48H,5,12-13,15-26H2,1,3-4H3/t28?,29-,30?,31?,34+,38+,39+,40+/m1/s1. The molecule has 1 saturated heterocycles. The van der Waals surface area contributed by atoms with E-state index in [0.29, 0.717) is 80.7 Å². The quantitative estimate of drug-likeness (QED) is 0.432. The van der Waals surface area contributed by atoms with Crippen molar-refractivity contribution in [3.8, 4) is 12.3 Å². The van der Waals surface area contributed by atoms with E-state index in [1.54, 1.807) is 11.0 Å². The highest BCUT2D eigenvalue weighted by atomic mass is 16.3. The van der Waals surface area contributed by atoms with Crippen LogP contribution in [-0.4, -0.2) is 93.3 Å². The summed E-state index contributed by atoms with van der Waals surface area (Å²) < 4.78 is 0. The fourth-order valence-electron chi connectivity index (χ4n) is 11.1. The molecule has 48 heavy (non-hydrogen) atoms. The molecule has 1 aliphatic heterocycles. The number of pyridine rings is 1. The first kappa shape index (κ1) is 33.2. The summed E-state index contributed by atoms with van der Waals surface area (Å²) in [6.07, 6.45) is 14.1. The van der Waals surface area contributed by atoms with Gasteiger partial charge < -0.3 is 14.9 Å². The van der Waals surface area contributed by atoms with Crippen LogP contribution in [0.4, 0.5) is 0 Å². The number of carbonyl (C=O) groups is 3. The lowest BCUT2D eigenvalue weighted by molar-refractivity contribution is -0.158. The van der Waals surface area contributed by atoms with Crippen molar-refractivity contribution < 1.29 is 19.5 Å². The molecule has 3 unspecified atom stereocenters. The van der Waals surface area contributed by atoms with Crippen molar-refractivity contribution in [1.29, 1.82) is 0 Å². The largest absolute Gasteiger partial charge is 0.377 e. The molecule has 1 aromatic heterocycles. The van der Waals surface area contributed by atoms with Gasteiger partial charge in [-0.25, -0.2) is 4.98 Å². The number of fused-ring (bicyclic) bond motifs is 6. The molecule has 2 heterocycles. The summed E-state index contributed by atoms with van der Waals surface area (Å²) in [5.41, 5.74) is -0.0155. The number of hydrogen-bond donors (Lipinski definition) is 1. The second-order valence-corrected chi connectivity index (χ2v) is 16.1. The number of nitrogens with zero attached hydrogens (tertiary/aromatic N) is 4. The first-order chi connectivity index (χ1) is 23.0. The molecule has 7 rings (SSSR count). The van der Waals surface area contributed by atoms with Gasteiger partial charge in [-0.15, -0.1) is 6.42 Å². The SMILES string of the molecule is C#C[C@]1(O)CCC2[C@@H]3CCC4CC(=O)[C@@H](N5CCN(C(=O)CN(CCC)C(=O)c6ccc7ccccc7n6)CC5)C[C@]4(C)C3CC[C@@]21C. The fourth-order valence-corrected chi connectivity index (χ4v) is 11.1. The Kier molecular flexibility index (Phi) is 8.69. The number of benzene rings is 1. The number of aromatic nitrogens is 1. The number of amides is 2. The zero-order valence-corrected chi connectivity index (χ0v) is 29.0. The van der Waals surface area contributed by atoms with E-state index in [9.17, 15) is 19.5 Å². The van der Waals surface area contributed by atoms with Crippen molar-refractivity contribution in [2.75, 3.05) is 39.3 Å². The van der Waals surface area contributed by atoms with Crippen molar-refractivity contribution in [3.05, 3.63) is 42.1 Å². The van der Waals surface area contributed by atoms with Crippen LogP contribution in [0.25, 0.3) is 10.9 Å². The summed E-state index contributed by atoms with van der Waals surface area (Å²) in [5, 5.41) is 12.4. The molecule has 2 amide bonds. The zero-order chi connectivity index (χ0) is 33.8. The minimum Gasteiger partial charge on any atom is -0.377 e. The molecule has 0 spiro atoms. The van der Waals surface area contributed by atoms with Gasteiger partial charge >= 0.3 is 0 Å². The molecule has 1 aromatic carbocycles. The van der Waals surface area contributed by atoms with E-state index < -0.39 is 5.60 Å². The lowest BCUT2D eigenvalue weighted by Gasteiger charge is -2.62. The predicted molar refractivity (Wildman–Crippen MR) is 186 cm³/mol. The van der Waals surface area contributed by atoms with E-state index in [4.69, 9.17) is 6.42 Å². The summed E-state index contributed by atoms with van der Waals surface area (Å²) in [4.78, 5) is 51.2. The molecule has 8 atom stereocenters. The molecular weight excluding hydrogens is 600 g/mol. The first-order valence-corrected chi connectivity index (χ1v) is 18.4. The van der Waals surface area contributed by atoms with Crippen molar-refractivity contribution in [2.24, 2.45) is 34.5 Å². The number of Topliss-reactive ketones (excluding diaryl/α,β-unsaturated/α-hetero) is 1. The van der Waals surface area contributed by atoms with E-state index in [1.165, 1.54) is 0 Å². The highest BCUT2D eigenvalue weighted by Gasteiger charge is 2.65. The van der Waals surface area contributed by atoms with Crippen LogP contribution < -0.4 is 0 Å². The van der Waals surface area contributed by atoms with Gasteiger partial charge in [0.05, 0.1) is 11.6 Å². The van der Waals surface area contributed by atoms with Crippen molar-refractivity contribution in [3.63, 3.8) is 0 Å². The Balaban J connectivity index is 0.992. The van der Waals surface area contributed by atoms with Gasteiger partial charge in [0.1, 0.15) is 23.6 Å². The third-order valence-electron chi connectivity index (χ3n) is 13.9. The molecular formula is C40H52N4O4. The average molecular weight is 653 g/mol. The van der Waals surface area contributed by atoms with E-state index in [1.807, 2.05) is 42.2 Å². The smallest absolute Gasteiger partial charge is 0.272 e.